The fourth-order valence-electron chi connectivity index (χ4n) is 2.85. The molecule has 1 unspecified atom stereocenters. The Kier molecular flexibility index (Phi) is 5.24. The Labute approximate surface area is 142 Å². The maximum atomic E-state index is 12.0. The molecule has 0 aromatic heterocycles. The van der Waals surface area contributed by atoms with Crippen LogP contribution >= 0.6 is 0 Å². The predicted molar refractivity (Wildman–Crippen MR) is 96.7 cm³/mol. The molecule has 0 saturated carbocycles. The fourth-order valence-corrected chi connectivity index (χ4v) is 2.85. The van der Waals surface area contributed by atoms with Crippen molar-refractivity contribution in [2.24, 2.45) is 0 Å². The van der Waals surface area contributed by atoms with Crippen LogP contribution < -0.4 is 5.32 Å². The first-order valence-electron chi connectivity index (χ1n) is 8.20. The number of carbonyl (C=O) groups excluding carboxylic acids is 1. The van der Waals surface area contributed by atoms with E-state index in [4.69, 9.17) is 0 Å². The highest BCUT2D eigenvalue weighted by Gasteiger charge is 2.12. The van der Waals surface area contributed by atoms with E-state index in [1.54, 1.807) is 0 Å². The number of fused-ring (bicyclic) bond motifs is 1. The van der Waals surface area contributed by atoms with Gasteiger partial charge in [0.05, 0.1) is 6.10 Å². The SMILES string of the molecule is O=C(CCc1ccccc1)NCC(O)c1cccc2ccccc12. The largest absolute Gasteiger partial charge is 0.387 e. The second-order valence-corrected chi connectivity index (χ2v) is 5.87. The number of aryl methyl sites for hydroxylation is 1. The summed E-state index contributed by atoms with van der Waals surface area (Å²) in [5, 5.41) is 15.4. The summed E-state index contributed by atoms with van der Waals surface area (Å²) in [6.45, 7) is 0.224. The second-order valence-electron chi connectivity index (χ2n) is 5.87. The third kappa shape index (κ3) is 4.00. The van der Waals surface area contributed by atoms with E-state index in [-0.39, 0.29) is 12.5 Å². The lowest BCUT2D eigenvalue weighted by molar-refractivity contribution is -0.121. The van der Waals surface area contributed by atoms with Crippen molar-refractivity contribution in [2.75, 3.05) is 6.54 Å². The summed E-state index contributed by atoms with van der Waals surface area (Å²) in [4.78, 5) is 12.0. The lowest BCUT2D eigenvalue weighted by Gasteiger charge is -2.14. The molecule has 3 aromatic carbocycles. The number of amides is 1. The molecule has 1 amide bonds. The van der Waals surface area contributed by atoms with Crippen molar-refractivity contribution in [3.05, 3.63) is 83.9 Å². The molecular weight excluding hydrogens is 298 g/mol. The van der Waals surface area contributed by atoms with Crippen molar-refractivity contribution >= 4 is 16.7 Å². The molecule has 0 radical (unpaired) electrons. The molecular formula is C21H21NO2. The van der Waals surface area contributed by atoms with Crippen LogP contribution in [0.25, 0.3) is 10.8 Å². The Morgan fingerprint density at radius 2 is 1.62 bits per heavy atom. The van der Waals surface area contributed by atoms with Crippen LogP contribution in [0.3, 0.4) is 0 Å². The van der Waals surface area contributed by atoms with E-state index in [0.29, 0.717) is 12.8 Å². The Bertz CT molecular complexity index is 809. The van der Waals surface area contributed by atoms with Gasteiger partial charge in [-0.15, -0.1) is 0 Å². The molecule has 0 bridgehead atoms. The maximum absolute atomic E-state index is 12.0. The van der Waals surface area contributed by atoms with Crippen LogP contribution in [-0.2, 0) is 11.2 Å². The molecule has 2 N–H and O–H groups in total. The molecule has 3 nitrogen and oxygen atoms in total. The highest BCUT2D eigenvalue weighted by molar-refractivity contribution is 5.86. The quantitative estimate of drug-likeness (QED) is 0.729. The monoisotopic (exact) mass is 319 g/mol. The Balaban J connectivity index is 1.56. The van der Waals surface area contributed by atoms with Crippen LogP contribution in [0.4, 0.5) is 0 Å². The van der Waals surface area contributed by atoms with Crippen LogP contribution in [-0.4, -0.2) is 17.6 Å². The lowest BCUT2D eigenvalue weighted by Crippen LogP contribution is -2.28. The highest BCUT2D eigenvalue weighted by atomic mass is 16.3. The number of aliphatic hydroxyl groups excluding tert-OH is 1. The normalized spacial score (nSPS) is 12.0. The van der Waals surface area contributed by atoms with Crippen molar-refractivity contribution in [2.45, 2.75) is 18.9 Å². The molecule has 0 aliphatic carbocycles. The number of hydrogen-bond acceptors (Lipinski definition) is 2. The van der Waals surface area contributed by atoms with E-state index in [2.05, 4.69) is 5.32 Å². The lowest BCUT2D eigenvalue weighted by atomic mass is 10.0. The number of aliphatic hydroxyl groups is 1. The van der Waals surface area contributed by atoms with E-state index in [1.807, 2.05) is 72.8 Å². The van der Waals surface area contributed by atoms with Crippen molar-refractivity contribution in [3.63, 3.8) is 0 Å². The minimum Gasteiger partial charge on any atom is -0.387 e. The van der Waals surface area contributed by atoms with Crippen molar-refractivity contribution in [1.82, 2.24) is 5.32 Å². The molecule has 0 aliphatic rings. The summed E-state index contributed by atoms with van der Waals surface area (Å²) in [6.07, 6.45) is 0.417. The number of rotatable bonds is 6. The zero-order chi connectivity index (χ0) is 16.8. The summed E-state index contributed by atoms with van der Waals surface area (Å²) >= 11 is 0. The van der Waals surface area contributed by atoms with E-state index in [1.165, 1.54) is 0 Å². The van der Waals surface area contributed by atoms with Gasteiger partial charge in [0.25, 0.3) is 0 Å². The van der Waals surface area contributed by atoms with Gasteiger partial charge in [-0.2, -0.15) is 0 Å². The van der Waals surface area contributed by atoms with Crippen LogP contribution in [0.1, 0.15) is 23.7 Å². The number of benzene rings is 3. The summed E-state index contributed by atoms with van der Waals surface area (Å²) in [6, 6.07) is 23.7. The van der Waals surface area contributed by atoms with Crippen LogP contribution in [0, 0.1) is 0 Å². The Morgan fingerprint density at radius 1 is 0.917 bits per heavy atom. The first-order valence-corrected chi connectivity index (χ1v) is 8.20. The van der Waals surface area contributed by atoms with Gasteiger partial charge < -0.3 is 10.4 Å². The molecule has 3 heteroatoms. The third-order valence-electron chi connectivity index (χ3n) is 4.16. The highest BCUT2D eigenvalue weighted by Crippen LogP contribution is 2.23. The zero-order valence-corrected chi connectivity index (χ0v) is 13.5. The number of hydrogen-bond donors (Lipinski definition) is 2. The fraction of sp³-hybridized carbons (Fsp3) is 0.190. The molecule has 122 valence electrons. The molecule has 3 aromatic rings. The van der Waals surface area contributed by atoms with E-state index < -0.39 is 6.10 Å². The number of nitrogens with one attached hydrogen (secondary N) is 1. The van der Waals surface area contributed by atoms with Gasteiger partial charge in [0.2, 0.25) is 5.91 Å². The minimum atomic E-state index is -0.711. The molecule has 0 heterocycles. The van der Waals surface area contributed by atoms with Crippen molar-refractivity contribution in [3.8, 4) is 0 Å². The van der Waals surface area contributed by atoms with Gasteiger partial charge in [-0.25, -0.2) is 0 Å². The van der Waals surface area contributed by atoms with Gasteiger partial charge in [-0.1, -0.05) is 72.8 Å². The Morgan fingerprint density at radius 3 is 2.46 bits per heavy atom. The van der Waals surface area contributed by atoms with Gasteiger partial charge in [0.1, 0.15) is 0 Å². The second kappa shape index (κ2) is 7.75. The minimum absolute atomic E-state index is 0.0434. The van der Waals surface area contributed by atoms with E-state index >= 15 is 0 Å². The van der Waals surface area contributed by atoms with Crippen LogP contribution in [0.2, 0.25) is 0 Å². The summed E-state index contributed by atoms with van der Waals surface area (Å²) < 4.78 is 0. The smallest absolute Gasteiger partial charge is 0.220 e. The molecule has 3 rings (SSSR count). The van der Waals surface area contributed by atoms with Crippen LogP contribution in [0.15, 0.2) is 72.8 Å². The first kappa shape index (κ1) is 16.2. The summed E-state index contributed by atoms with van der Waals surface area (Å²) in [5.41, 5.74) is 1.98. The molecule has 0 spiro atoms. The third-order valence-corrected chi connectivity index (χ3v) is 4.16. The van der Waals surface area contributed by atoms with Crippen molar-refractivity contribution in [1.29, 1.82) is 0 Å². The van der Waals surface area contributed by atoms with Gasteiger partial charge >= 0.3 is 0 Å². The molecule has 24 heavy (non-hydrogen) atoms. The predicted octanol–water partition coefficient (Wildman–Crippen LogP) is 3.62. The molecule has 0 fully saturated rings. The van der Waals surface area contributed by atoms with Gasteiger partial charge in [-0.3, -0.25) is 4.79 Å². The zero-order valence-electron chi connectivity index (χ0n) is 13.5. The molecule has 0 aliphatic heterocycles. The van der Waals surface area contributed by atoms with E-state index in [9.17, 15) is 9.90 Å². The topological polar surface area (TPSA) is 49.3 Å². The number of carbonyl (C=O) groups is 1. The Hall–Kier alpha value is -2.65. The summed E-state index contributed by atoms with van der Waals surface area (Å²) in [7, 11) is 0. The van der Waals surface area contributed by atoms with Gasteiger partial charge in [-0.05, 0) is 28.3 Å². The van der Waals surface area contributed by atoms with Gasteiger partial charge in [0.15, 0.2) is 0 Å². The maximum Gasteiger partial charge on any atom is 0.220 e. The van der Waals surface area contributed by atoms with E-state index in [0.717, 1.165) is 21.9 Å². The van der Waals surface area contributed by atoms with Crippen LogP contribution in [0.5, 0.6) is 0 Å². The standard InChI is InChI=1S/C21H21NO2/c23-20(19-12-6-10-17-9-4-5-11-18(17)19)15-22-21(24)14-13-16-7-2-1-3-8-16/h1-12,20,23H,13-15H2,(H,22,24). The average Bonchev–Trinajstić information content (AvgIpc) is 2.64. The average molecular weight is 319 g/mol. The first-order chi connectivity index (χ1) is 11.7. The van der Waals surface area contributed by atoms with Crippen molar-refractivity contribution < 1.29 is 9.90 Å². The summed E-state index contributed by atoms with van der Waals surface area (Å²) in [5.74, 6) is -0.0434. The molecule has 1 atom stereocenters. The van der Waals surface area contributed by atoms with Gasteiger partial charge in [0, 0.05) is 13.0 Å². The molecule has 0 saturated heterocycles.